The summed E-state index contributed by atoms with van der Waals surface area (Å²) < 4.78 is 10.3. The van der Waals surface area contributed by atoms with Crippen LogP contribution in [0.15, 0.2) is 0 Å². The van der Waals surface area contributed by atoms with Gasteiger partial charge in [-0.25, -0.2) is 0 Å². The van der Waals surface area contributed by atoms with Crippen LogP contribution in [0.3, 0.4) is 0 Å². The molecule has 0 aliphatic carbocycles. The lowest BCUT2D eigenvalue weighted by molar-refractivity contribution is -0.276. The minimum atomic E-state index is -1.67. The van der Waals surface area contributed by atoms with Crippen molar-refractivity contribution < 1.29 is 50.3 Å². The molecule has 2 heterocycles. The Morgan fingerprint density at radius 2 is 1.22 bits per heavy atom. The van der Waals surface area contributed by atoms with E-state index in [4.69, 9.17) is 14.6 Å². The fraction of sp³-hybridized carbons (Fsp3) is 1.00. The molecule has 23 heavy (non-hydrogen) atoms. The maximum Gasteiger partial charge on any atom is 0.183 e. The Morgan fingerprint density at radius 3 is 1.83 bits per heavy atom. The number of ether oxygens (including phenoxy) is 2. The van der Waals surface area contributed by atoms with Gasteiger partial charge in [0.05, 0.1) is 12.7 Å². The largest absolute Gasteiger partial charge is 0.394 e. The average molecular weight is 358 g/mol. The predicted octanol–water partition coefficient (Wildman–Crippen LogP) is -4.68. The lowest BCUT2D eigenvalue weighted by Crippen LogP contribution is -2.59. The summed E-state index contributed by atoms with van der Waals surface area (Å²) in [6.07, 6.45) is -12.9. The fourth-order valence-corrected chi connectivity index (χ4v) is 3.70. The zero-order chi connectivity index (χ0) is 17.3. The van der Waals surface area contributed by atoms with E-state index in [9.17, 15) is 35.7 Å². The van der Waals surface area contributed by atoms with Crippen LogP contribution in [0.25, 0.3) is 0 Å². The highest BCUT2D eigenvalue weighted by Gasteiger charge is 2.46. The van der Waals surface area contributed by atoms with E-state index in [1.807, 2.05) is 0 Å². The van der Waals surface area contributed by atoms with Crippen molar-refractivity contribution in [1.82, 2.24) is 0 Å². The van der Waals surface area contributed by atoms with Crippen molar-refractivity contribution in [2.24, 2.45) is 0 Å². The molecule has 0 aromatic rings. The van der Waals surface area contributed by atoms with Gasteiger partial charge in [0.1, 0.15) is 48.2 Å². The van der Waals surface area contributed by atoms with Gasteiger partial charge in [0.25, 0.3) is 0 Å². The molecule has 0 bridgehead atoms. The van der Waals surface area contributed by atoms with E-state index >= 15 is 0 Å². The summed E-state index contributed by atoms with van der Waals surface area (Å²) in [5.74, 6) is -0.0509. The van der Waals surface area contributed by atoms with Crippen LogP contribution in [0.2, 0.25) is 0 Å². The maximum absolute atomic E-state index is 9.88. The average Bonchev–Trinajstić information content (AvgIpc) is 2.54. The highest BCUT2D eigenvalue weighted by atomic mass is 32.2. The number of aliphatic hydroxyl groups excluding tert-OH is 8. The van der Waals surface area contributed by atoms with E-state index in [2.05, 4.69) is 0 Å². The fourth-order valence-electron chi connectivity index (χ4n) is 2.46. The van der Waals surface area contributed by atoms with Crippen molar-refractivity contribution in [2.75, 3.05) is 12.4 Å². The Bertz CT molecular complexity index is 385. The SMILES string of the molecule is OC[C@H]1O[C@@H](SC[C@H]2O[C@@H](O)[C@H](O)[C@@H](O)[C@@H]2O)[C@H](O)[C@@H](O)[C@@H]1O. The standard InChI is InChI=1S/C12H22O10S/c13-1-3-5(14)8(17)10(19)12(22-3)23-2-4-6(15)7(16)9(18)11(20)21-4/h3-20H,1-2H2/t3-,4-,5-,6-,7+,8+,9-,10-,11-,12+/m1/s1. The van der Waals surface area contributed by atoms with Crippen molar-refractivity contribution in [3.05, 3.63) is 0 Å². The normalized spacial score (nSPS) is 51.7. The van der Waals surface area contributed by atoms with Crippen molar-refractivity contribution in [3.63, 3.8) is 0 Å². The van der Waals surface area contributed by atoms with Crippen LogP contribution in [0.5, 0.6) is 0 Å². The van der Waals surface area contributed by atoms with Gasteiger partial charge in [0.2, 0.25) is 0 Å². The third-order valence-corrected chi connectivity index (χ3v) is 5.20. The van der Waals surface area contributed by atoms with Crippen LogP contribution >= 0.6 is 11.8 Å². The smallest absolute Gasteiger partial charge is 0.183 e. The van der Waals surface area contributed by atoms with Crippen molar-refractivity contribution in [3.8, 4) is 0 Å². The summed E-state index contributed by atoms with van der Waals surface area (Å²) in [7, 11) is 0. The molecule has 0 radical (unpaired) electrons. The third kappa shape index (κ3) is 3.96. The number of thioether (sulfide) groups is 1. The molecule has 10 nitrogen and oxygen atoms in total. The summed E-state index contributed by atoms with van der Waals surface area (Å²) in [5.41, 5.74) is -1.03. The summed E-state index contributed by atoms with van der Waals surface area (Å²) in [6, 6.07) is 0. The number of rotatable bonds is 4. The van der Waals surface area contributed by atoms with E-state index in [1.54, 1.807) is 0 Å². The van der Waals surface area contributed by atoms with E-state index in [-0.39, 0.29) is 5.75 Å². The minimum absolute atomic E-state index is 0.0509. The molecule has 136 valence electrons. The molecule has 0 spiro atoms. The van der Waals surface area contributed by atoms with Crippen LogP contribution in [-0.2, 0) is 9.47 Å². The lowest BCUT2D eigenvalue weighted by Gasteiger charge is -2.41. The highest BCUT2D eigenvalue weighted by Crippen LogP contribution is 2.31. The molecule has 2 aliphatic rings. The van der Waals surface area contributed by atoms with E-state index in [0.29, 0.717) is 0 Å². The molecular weight excluding hydrogens is 336 g/mol. The second-order valence-corrected chi connectivity index (χ2v) is 6.70. The molecule has 2 aliphatic heterocycles. The van der Waals surface area contributed by atoms with Gasteiger partial charge in [-0.05, 0) is 0 Å². The van der Waals surface area contributed by atoms with Crippen LogP contribution in [0.1, 0.15) is 0 Å². The molecular formula is C12H22O10S. The number of aliphatic hydroxyl groups is 8. The second-order valence-electron chi connectivity index (χ2n) is 5.57. The Labute approximate surface area is 135 Å². The van der Waals surface area contributed by atoms with E-state index in [0.717, 1.165) is 11.8 Å². The molecule has 0 amide bonds. The summed E-state index contributed by atoms with van der Waals surface area (Å²) in [6.45, 7) is -0.561. The summed E-state index contributed by atoms with van der Waals surface area (Å²) in [4.78, 5) is 0. The monoisotopic (exact) mass is 358 g/mol. The number of hydrogen-bond donors (Lipinski definition) is 8. The Balaban J connectivity index is 1.94. The topological polar surface area (TPSA) is 180 Å². The van der Waals surface area contributed by atoms with Gasteiger partial charge >= 0.3 is 0 Å². The van der Waals surface area contributed by atoms with Crippen LogP contribution in [-0.4, -0.2) is 114 Å². The molecule has 11 heteroatoms. The first-order chi connectivity index (χ1) is 10.8. The zero-order valence-electron chi connectivity index (χ0n) is 12.0. The molecule has 0 unspecified atom stereocenters. The first kappa shape index (κ1) is 19.3. The molecule has 2 fully saturated rings. The van der Waals surface area contributed by atoms with Gasteiger partial charge in [-0.1, -0.05) is 0 Å². The summed E-state index contributed by atoms with van der Waals surface area (Å²) in [5, 5.41) is 76.6. The summed E-state index contributed by atoms with van der Waals surface area (Å²) >= 11 is 0.903. The van der Waals surface area contributed by atoms with Crippen molar-refractivity contribution in [2.45, 2.75) is 60.6 Å². The van der Waals surface area contributed by atoms with Gasteiger partial charge in [-0.2, -0.15) is 0 Å². The molecule has 2 rings (SSSR count). The molecule has 10 atom stereocenters. The molecule has 0 aromatic carbocycles. The second kappa shape index (κ2) is 7.89. The highest BCUT2D eigenvalue weighted by molar-refractivity contribution is 7.99. The first-order valence-electron chi connectivity index (χ1n) is 7.07. The zero-order valence-corrected chi connectivity index (χ0v) is 12.8. The third-order valence-electron chi connectivity index (χ3n) is 3.96. The van der Waals surface area contributed by atoms with E-state index in [1.165, 1.54) is 0 Å². The van der Waals surface area contributed by atoms with Gasteiger partial charge in [0, 0.05) is 5.75 Å². The van der Waals surface area contributed by atoms with Gasteiger partial charge < -0.3 is 50.3 Å². The lowest BCUT2D eigenvalue weighted by atomic mass is 10.00. The molecule has 0 saturated carbocycles. The van der Waals surface area contributed by atoms with Crippen molar-refractivity contribution in [1.29, 1.82) is 0 Å². The van der Waals surface area contributed by atoms with Gasteiger partial charge in [-0.3, -0.25) is 0 Å². The maximum atomic E-state index is 9.88. The first-order valence-corrected chi connectivity index (χ1v) is 8.12. The van der Waals surface area contributed by atoms with Crippen LogP contribution in [0, 0.1) is 0 Å². The van der Waals surface area contributed by atoms with Gasteiger partial charge in [0.15, 0.2) is 6.29 Å². The Kier molecular flexibility index (Phi) is 6.61. The van der Waals surface area contributed by atoms with Crippen LogP contribution < -0.4 is 0 Å². The minimum Gasteiger partial charge on any atom is -0.394 e. The molecule has 8 N–H and O–H groups in total. The Morgan fingerprint density at radius 1 is 0.652 bits per heavy atom. The van der Waals surface area contributed by atoms with Crippen molar-refractivity contribution >= 4 is 11.8 Å². The van der Waals surface area contributed by atoms with Crippen LogP contribution in [0.4, 0.5) is 0 Å². The quantitative estimate of drug-likeness (QED) is 0.242. The van der Waals surface area contributed by atoms with Gasteiger partial charge in [-0.15, -0.1) is 11.8 Å². The van der Waals surface area contributed by atoms with E-state index < -0.39 is 67.2 Å². The molecule has 2 saturated heterocycles. The number of hydrogen-bond acceptors (Lipinski definition) is 11. The Hall–Kier alpha value is -0.0500. The predicted molar refractivity (Wildman–Crippen MR) is 75.1 cm³/mol. The molecule has 0 aromatic heterocycles.